The molecule has 2 N–H and O–H groups in total. The molecule has 0 spiro atoms. The van der Waals surface area contributed by atoms with Gasteiger partial charge in [-0.15, -0.1) is 0 Å². The highest BCUT2D eigenvalue weighted by Crippen LogP contribution is 2.30. The molecule has 1 aliphatic rings. The average Bonchev–Trinajstić information content (AvgIpc) is 2.88. The van der Waals surface area contributed by atoms with Crippen LogP contribution < -0.4 is 15.5 Å². The van der Waals surface area contributed by atoms with Gasteiger partial charge >= 0.3 is 0 Å². The van der Waals surface area contributed by atoms with Crippen LogP contribution in [0, 0.1) is 5.82 Å². The Morgan fingerprint density at radius 3 is 2.36 bits per heavy atom. The highest BCUT2D eigenvalue weighted by atomic mass is 35.5. The summed E-state index contributed by atoms with van der Waals surface area (Å²) in [6.07, 6.45) is 3.11. The number of nitrogens with one attached hydrogen (secondary N) is 2. The number of halogens is 2. The molecule has 184 valence electrons. The smallest absolute Gasteiger partial charge is 0.256 e. The number of carbonyl (C=O) groups is 2. The Kier molecular flexibility index (Phi) is 8.30. The second-order valence-corrected chi connectivity index (χ2v) is 8.95. The molecular formula is C27H24ClFN4O2S. The van der Waals surface area contributed by atoms with Gasteiger partial charge in [-0.2, -0.15) is 0 Å². The van der Waals surface area contributed by atoms with Crippen LogP contribution in [0.15, 0.2) is 78.9 Å². The molecule has 36 heavy (non-hydrogen) atoms. The number of hydrogen-bond acceptors (Lipinski definition) is 4. The zero-order valence-corrected chi connectivity index (χ0v) is 20.9. The zero-order chi connectivity index (χ0) is 25.5. The van der Waals surface area contributed by atoms with Crippen LogP contribution in [0.1, 0.15) is 15.9 Å². The number of amides is 2. The van der Waals surface area contributed by atoms with Crippen LogP contribution >= 0.6 is 23.8 Å². The van der Waals surface area contributed by atoms with Gasteiger partial charge in [0, 0.05) is 37.3 Å². The van der Waals surface area contributed by atoms with Crippen LogP contribution in [0.3, 0.4) is 0 Å². The van der Waals surface area contributed by atoms with Crippen LogP contribution in [-0.4, -0.2) is 48.0 Å². The van der Waals surface area contributed by atoms with E-state index < -0.39 is 5.82 Å². The topological polar surface area (TPSA) is 64.7 Å². The van der Waals surface area contributed by atoms with Crippen molar-refractivity contribution in [2.45, 2.75) is 0 Å². The first-order valence-electron chi connectivity index (χ1n) is 11.3. The number of anilines is 2. The lowest BCUT2D eigenvalue weighted by Crippen LogP contribution is -2.49. The zero-order valence-electron chi connectivity index (χ0n) is 19.3. The van der Waals surface area contributed by atoms with E-state index >= 15 is 0 Å². The number of hydrogen-bond donors (Lipinski definition) is 2. The molecule has 0 aromatic heterocycles. The first kappa shape index (κ1) is 25.3. The average molecular weight is 523 g/mol. The molecule has 0 saturated carbocycles. The summed E-state index contributed by atoms with van der Waals surface area (Å²) in [7, 11) is 0. The van der Waals surface area contributed by atoms with Crippen molar-refractivity contribution in [2.24, 2.45) is 0 Å². The molecule has 0 unspecified atom stereocenters. The molecule has 6 nitrogen and oxygen atoms in total. The maximum atomic E-state index is 14.0. The highest BCUT2D eigenvalue weighted by Gasteiger charge is 2.25. The number of rotatable bonds is 5. The Balaban J connectivity index is 1.38. The molecule has 0 aliphatic carbocycles. The normalized spacial score (nSPS) is 13.5. The van der Waals surface area contributed by atoms with Crippen LogP contribution in [0.25, 0.3) is 6.08 Å². The number of carbonyl (C=O) groups excluding carboxylic acids is 2. The Bertz CT molecular complexity index is 1290. The van der Waals surface area contributed by atoms with E-state index in [1.807, 2.05) is 36.4 Å². The second-order valence-electron chi connectivity index (χ2n) is 8.11. The summed E-state index contributed by atoms with van der Waals surface area (Å²) >= 11 is 11.6. The van der Waals surface area contributed by atoms with Crippen LogP contribution in [-0.2, 0) is 4.79 Å². The summed E-state index contributed by atoms with van der Waals surface area (Å²) in [6.45, 7) is 1.94. The summed E-state index contributed by atoms with van der Waals surface area (Å²) in [5.74, 6) is -1.21. The van der Waals surface area contributed by atoms with Gasteiger partial charge in [-0.3, -0.25) is 14.9 Å². The number of piperazine rings is 1. The maximum absolute atomic E-state index is 14.0. The fourth-order valence-corrected chi connectivity index (χ4v) is 4.27. The van der Waals surface area contributed by atoms with Gasteiger partial charge in [0.2, 0.25) is 5.91 Å². The summed E-state index contributed by atoms with van der Waals surface area (Å²) in [5.41, 5.74) is 2.43. The van der Waals surface area contributed by atoms with Gasteiger partial charge in [-0.1, -0.05) is 54.1 Å². The standard InChI is InChI=1S/C27H24ClFN4O2S/c28-20-11-12-24(32-14-16-33(17-15-32)26(35)21-8-4-5-9-22(21)29)23(18-20)30-27(36)31-25(34)13-10-19-6-2-1-3-7-19/h1-13,18H,14-17H2,(H2,30,31,34,36)/b13-10+. The molecule has 0 atom stereocenters. The van der Waals surface area contributed by atoms with Crippen molar-refractivity contribution in [1.29, 1.82) is 0 Å². The van der Waals surface area contributed by atoms with Gasteiger partial charge in [0.1, 0.15) is 5.82 Å². The first-order valence-corrected chi connectivity index (χ1v) is 12.1. The van der Waals surface area contributed by atoms with Crippen molar-refractivity contribution in [3.8, 4) is 0 Å². The molecule has 9 heteroatoms. The lowest BCUT2D eigenvalue weighted by Gasteiger charge is -2.37. The van der Waals surface area contributed by atoms with E-state index in [-0.39, 0.29) is 22.5 Å². The van der Waals surface area contributed by atoms with Crippen molar-refractivity contribution in [3.63, 3.8) is 0 Å². The van der Waals surface area contributed by atoms with E-state index in [0.29, 0.717) is 36.9 Å². The molecule has 4 rings (SSSR count). The Hall–Kier alpha value is -3.75. The molecule has 1 aliphatic heterocycles. The van der Waals surface area contributed by atoms with Crippen molar-refractivity contribution in [3.05, 3.63) is 101 Å². The molecule has 3 aromatic carbocycles. The summed E-state index contributed by atoms with van der Waals surface area (Å²) < 4.78 is 14.0. The van der Waals surface area contributed by atoms with Gasteiger partial charge < -0.3 is 15.1 Å². The summed E-state index contributed by atoms with van der Waals surface area (Å²) in [4.78, 5) is 28.8. The van der Waals surface area contributed by atoms with Crippen LogP contribution in [0.4, 0.5) is 15.8 Å². The van der Waals surface area contributed by atoms with E-state index in [0.717, 1.165) is 11.3 Å². The second kappa shape index (κ2) is 11.8. The minimum atomic E-state index is -0.525. The maximum Gasteiger partial charge on any atom is 0.256 e. The minimum absolute atomic E-state index is 0.0715. The highest BCUT2D eigenvalue weighted by molar-refractivity contribution is 7.80. The number of benzene rings is 3. The molecule has 1 saturated heterocycles. The van der Waals surface area contributed by atoms with Gasteiger partial charge in [0.25, 0.3) is 5.91 Å². The van der Waals surface area contributed by atoms with Gasteiger partial charge in [0.15, 0.2) is 5.11 Å². The molecule has 0 radical (unpaired) electrons. The third-order valence-corrected chi connectivity index (χ3v) is 6.12. The third-order valence-electron chi connectivity index (χ3n) is 5.68. The van der Waals surface area contributed by atoms with Crippen molar-refractivity contribution < 1.29 is 14.0 Å². The largest absolute Gasteiger partial charge is 0.366 e. The quantitative estimate of drug-likeness (QED) is 0.366. The van der Waals surface area contributed by atoms with E-state index in [4.69, 9.17) is 23.8 Å². The predicted molar refractivity (Wildman–Crippen MR) is 146 cm³/mol. The Morgan fingerprint density at radius 2 is 1.64 bits per heavy atom. The van der Waals surface area contributed by atoms with Gasteiger partial charge in [-0.05, 0) is 54.2 Å². The molecule has 3 aromatic rings. The summed E-state index contributed by atoms with van der Waals surface area (Å²) in [5, 5.41) is 6.33. The monoisotopic (exact) mass is 522 g/mol. The van der Waals surface area contributed by atoms with Crippen LogP contribution in [0.2, 0.25) is 5.02 Å². The number of thiocarbonyl (C=S) groups is 1. The van der Waals surface area contributed by atoms with Crippen molar-refractivity contribution in [1.82, 2.24) is 10.2 Å². The van der Waals surface area contributed by atoms with Gasteiger partial charge in [-0.25, -0.2) is 4.39 Å². The first-order chi connectivity index (χ1) is 17.4. The molecular weight excluding hydrogens is 499 g/mol. The molecule has 0 bridgehead atoms. The van der Waals surface area contributed by atoms with E-state index in [2.05, 4.69) is 15.5 Å². The fourth-order valence-electron chi connectivity index (χ4n) is 3.88. The van der Waals surface area contributed by atoms with Gasteiger partial charge in [0.05, 0.1) is 16.9 Å². The molecule has 1 heterocycles. The molecule has 1 fully saturated rings. The van der Waals surface area contributed by atoms with E-state index in [1.165, 1.54) is 18.2 Å². The SMILES string of the molecule is O=C(/C=C/c1ccccc1)NC(=S)Nc1cc(Cl)ccc1N1CCN(C(=O)c2ccccc2F)CC1. The van der Waals surface area contributed by atoms with Crippen molar-refractivity contribution >= 4 is 58.2 Å². The Labute approximate surface area is 219 Å². The Morgan fingerprint density at radius 1 is 0.944 bits per heavy atom. The molecule has 2 amide bonds. The lowest BCUT2D eigenvalue weighted by atomic mass is 10.1. The summed E-state index contributed by atoms with van der Waals surface area (Å²) in [6, 6.07) is 20.8. The number of nitrogens with zero attached hydrogens (tertiary/aromatic N) is 2. The van der Waals surface area contributed by atoms with E-state index in [9.17, 15) is 14.0 Å². The third kappa shape index (κ3) is 6.47. The van der Waals surface area contributed by atoms with Crippen LogP contribution in [0.5, 0.6) is 0 Å². The van der Waals surface area contributed by atoms with E-state index in [1.54, 1.807) is 35.2 Å². The predicted octanol–water partition coefficient (Wildman–Crippen LogP) is 4.97. The van der Waals surface area contributed by atoms with Crippen molar-refractivity contribution in [2.75, 3.05) is 36.4 Å². The fraction of sp³-hybridized carbons (Fsp3) is 0.148. The lowest BCUT2D eigenvalue weighted by molar-refractivity contribution is -0.115. The minimum Gasteiger partial charge on any atom is -0.366 e.